The number of hydrogen-bond donors (Lipinski definition) is 1. The second-order valence-corrected chi connectivity index (χ2v) is 8.51. The van der Waals surface area contributed by atoms with Crippen molar-refractivity contribution in [2.75, 3.05) is 19.6 Å². The first kappa shape index (κ1) is 21.9. The summed E-state index contributed by atoms with van der Waals surface area (Å²) in [6.07, 6.45) is 6.48. The molecule has 2 aliphatic rings. The summed E-state index contributed by atoms with van der Waals surface area (Å²) >= 11 is 0. The largest absolute Gasteiger partial charge is 0.343 e. The Morgan fingerprint density at radius 1 is 0.931 bits per heavy atom. The van der Waals surface area contributed by atoms with E-state index in [9.17, 15) is 4.79 Å². The van der Waals surface area contributed by atoms with Crippen molar-refractivity contribution in [1.29, 1.82) is 0 Å². The van der Waals surface area contributed by atoms with Crippen LogP contribution in [0.5, 0.6) is 0 Å². The fraction of sp³-hybridized carbons (Fsp3) is 0.480. The number of likely N-dealkylation sites (tertiary alicyclic amines) is 1. The summed E-state index contributed by atoms with van der Waals surface area (Å²) < 4.78 is 0. The molecule has 1 saturated heterocycles. The van der Waals surface area contributed by atoms with E-state index in [1.165, 1.54) is 30.5 Å². The normalized spacial score (nSPS) is 18.1. The third-order valence-corrected chi connectivity index (χ3v) is 6.26. The van der Waals surface area contributed by atoms with E-state index >= 15 is 0 Å². The van der Waals surface area contributed by atoms with Gasteiger partial charge in [-0.25, -0.2) is 0 Å². The average Bonchev–Trinajstić information content (AvgIpc) is 3.58. The maximum Gasteiger partial charge on any atom is 0.223 e. The van der Waals surface area contributed by atoms with E-state index < -0.39 is 0 Å². The molecule has 156 valence electrons. The average molecular weight is 413 g/mol. The van der Waals surface area contributed by atoms with Gasteiger partial charge in [-0.05, 0) is 61.6 Å². The van der Waals surface area contributed by atoms with Crippen LogP contribution < -0.4 is 5.32 Å². The number of rotatable bonds is 8. The van der Waals surface area contributed by atoms with Crippen LogP contribution in [0.2, 0.25) is 0 Å². The van der Waals surface area contributed by atoms with Crippen molar-refractivity contribution in [2.45, 2.75) is 50.5 Å². The molecular formula is C25H33ClN2O. The van der Waals surface area contributed by atoms with Gasteiger partial charge in [-0.3, -0.25) is 4.79 Å². The van der Waals surface area contributed by atoms with E-state index in [-0.39, 0.29) is 18.3 Å². The maximum absolute atomic E-state index is 13.1. The van der Waals surface area contributed by atoms with Crippen molar-refractivity contribution in [3.63, 3.8) is 0 Å². The minimum Gasteiger partial charge on any atom is -0.343 e. The molecule has 0 spiro atoms. The first-order valence-corrected chi connectivity index (χ1v) is 10.9. The van der Waals surface area contributed by atoms with Crippen molar-refractivity contribution >= 4 is 18.3 Å². The molecular weight excluding hydrogens is 380 g/mol. The second kappa shape index (κ2) is 10.8. The Labute approximate surface area is 181 Å². The van der Waals surface area contributed by atoms with E-state index in [1.54, 1.807) is 0 Å². The standard InChI is InChI=1S/C25H32N2O.ClH/c28-25(27-15-13-24(14-16-27)26-19-21-11-12-21)18-23(22-9-5-2-6-10-22)17-20-7-3-1-4-8-20;/h1-10,21,23-24,26H,11-19H2;1H. The third kappa shape index (κ3) is 6.58. The number of benzene rings is 2. The molecule has 4 heteroatoms. The lowest BCUT2D eigenvalue weighted by molar-refractivity contribution is -0.132. The highest BCUT2D eigenvalue weighted by Gasteiger charge is 2.27. The molecule has 3 nitrogen and oxygen atoms in total. The Morgan fingerprint density at radius 3 is 2.17 bits per heavy atom. The van der Waals surface area contributed by atoms with E-state index in [1.807, 2.05) is 12.1 Å². The molecule has 2 fully saturated rings. The second-order valence-electron chi connectivity index (χ2n) is 8.51. The highest BCUT2D eigenvalue weighted by molar-refractivity contribution is 5.85. The first-order chi connectivity index (χ1) is 13.8. The Morgan fingerprint density at radius 2 is 1.55 bits per heavy atom. The van der Waals surface area contributed by atoms with Crippen molar-refractivity contribution < 1.29 is 4.79 Å². The summed E-state index contributed by atoms with van der Waals surface area (Å²) in [5.41, 5.74) is 2.56. The lowest BCUT2D eigenvalue weighted by atomic mass is 9.88. The first-order valence-electron chi connectivity index (χ1n) is 10.9. The van der Waals surface area contributed by atoms with Crippen LogP contribution in [0.15, 0.2) is 60.7 Å². The highest BCUT2D eigenvalue weighted by Crippen LogP contribution is 2.29. The minimum atomic E-state index is 0. The SMILES string of the molecule is Cl.O=C(CC(Cc1ccccc1)c1ccccc1)N1CCC(NCC2CC2)CC1. The third-order valence-electron chi connectivity index (χ3n) is 6.26. The van der Waals surface area contributed by atoms with Crippen LogP contribution in [0.4, 0.5) is 0 Å². The molecule has 1 aliphatic carbocycles. The van der Waals surface area contributed by atoms with Crippen LogP contribution in [0, 0.1) is 5.92 Å². The molecule has 1 N–H and O–H groups in total. The van der Waals surface area contributed by atoms with Gasteiger partial charge in [-0.2, -0.15) is 0 Å². The van der Waals surface area contributed by atoms with Crippen LogP contribution in [0.25, 0.3) is 0 Å². The van der Waals surface area contributed by atoms with Crippen molar-refractivity contribution in [2.24, 2.45) is 5.92 Å². The smallest absolute Gasteiger partial charge is 0.223 e. The van der Waals surface area contributed by atoms with Gasteiger partial charge in [-0.1, -0.05) is 60.7 Å². The van der Waals surface area contributed by atoms with Crippen molar-refractivity contribution in [1.82, 2.24) is 10.2 Å². The van der Waals surface area contributed by atoms with E-state index in [0.717, 1.165) is 38.3 Å². The van der Waals surface area contributed by atoms with Crippen LogP contribution in [-0.4, -0.2) is 36.5 Å². The topological polar surface area (TPSA) is 32.3 Å². The number of hydrogen-bond acceptors (Lipinski definition) is 2. The molecule has 1 heterocycles. The van der Waals surface area contributed by atoms with E-state index in [2.05, 4.69) is 58.7 Å². The fourth-order valence-corrected chi connectivity index (χ4v) is 4.26. The van der Waals surface area contributed by atoms with Crippen LogP contribution in [-0.2, 0) is 11.2 Å². The minimum absolute atomic E-state index is 0. The Hall–Kier alpha value is -1.84. The molecule has 1 amide bonds. The molecule has 2 aromatic rings. The quantitative estimate of drug-likeness (QED) is 0.674. The number of carbonyl (C=O) groups excluding carboxylic acids is 1. The van der Waals surface area contributed by atoms with Gasteiger partial charge in [0.2, 0.25) is 5.91 Å². The zero-order valence-corrected chi connectivity index (χ0v) is 17.9. The van der Waals surface area contributed by atoms with Gasteiger partial charge >= 0.3 is 0 Å². The maximum atomic E-state index is 13.1. The van der Waals surface area contributed by atoms with Gasteiger partial charge in [-0.15, -0.1) is 12.4 Å². The van der Waals surface area contributed by atoms with Gasteiger partial charge in [0.1, 0.15) is 0 Å². The predicted molar refractivity (Wildman–Crippen MR) is 122 cm³/mol. The monoisotopic (exact) mass is 412 g/mol. The van der Waals surface area contributed by atoms with E-state index in [4.69, 9.17) is 0 Å². The zero-order valence-electron chi connectivity index (χ0n) is 17.1. The zero-order chi connectivity index (χ0) is 19.2. The van der Waals surface area contributed by atoms with Crippen LogP contribution in [0.3, 0.4) is 0 Å². The van der Waals surface area contributed by atoms with Crippen LogP contribution >= 0.6 is 12.4 Å². The summed E-state index contributed by atoms with van der Waals surface area (Å²) in [7, 11) is 0. The molecule has 1 atom stereocenters. The fourth-order valence-electron chi connectivity index (χ4n) is 4.26. The molecule has 2 aromatic carbocycles. The number of nitrogens with one attached hydrogen (secondary N) is 1. The molecule has 1 unspecified atom stereocenters. The molecule has 0 bridgehead atoms. The molecule has 29 heavy (non-hydrogen) atoms. The summed E-state index contributed by atoms with van der Waals surface area (Å²) in [5.74, 6) is 1.47. The van der Waals surface area contributed by atoms with E-state index in [0.29, 0.717) is 18.4 Å². The van der Waals surface area contributed by atoms with Gasteiger partial charge < -0.3 is 10.2 Å². The molecule has 1 aliphatic heterocycles. The number of halogens is 1. The van der Waals surface area contributed by atoms with Gasteiger partial charge in [0.05, 0.1) is 0 Å². The summed E-state index contributed by atoms with van der Waals surface area (Å²) in [4.78, 5) is 15.2. The number of carbonyl (C=O) groups is 1. The van der Waals surface area contributed by atoms with Crippen LogP contribution in [0.1, 0.15) is 49.1 Å². The Bertz CT molecular complexity index is 740. The Kier molecular flexibility index (Phi) is 8.14. The number of piperidine rings is 1. The lowest BCUT2D eigenvalue weighted by Gasteiger charge is -2.33. The van der Waals surface area contributed by atoms with Gasteiger partial charge in [0.25, 0.3) is 0 Å². The van der Waals surface area contributed by atoms with Crippen molar-refractivity contribution in [3.8, 4) is 0 Å². The number of nitrogens with zero attached hydrogens (tertiary/aromatic N) is 1. The highest BCUT2D eigenvalue weighted by atomic mass is 35.5. The molecule has 0 aromatic heterocycles. The number of amides is 1. The molecule has 4 rings (SSSR count). The van der Waals surface area contributed by atoms with Gasteiger partial charge in [0, 0.05) is 25.6 Å². The molecule has 1 saturated carbocycles. The summed E-state index contributed by atoms with van der Waals surface area (Å²) in [6.45, 7) is 2.97. The lowest BCUT2D eigenvalue weighted by Crippen LogP contribution is -2.45. The van der Waals surface area contributed by atoms with Gasteiger partial charge in [0.15, 0.2) is 0 Å². The summed E-state index contributed by atoms with van der Waals surface area (Å²) in [5, 5.41) is 3.70. The Balaban J connectivity index is 0.00000240. The molecule has 0 radical (unpaired) electrons. The summed E-state index contributed by atoms with van der Waals surface area (Å²) in [6, 6.07) is 21.7. The van der Waals surface area contributed by atoms with Crippen molar-refractivity contribution in [3.05, 3.63) is 71.8 Å². The predicted octanol–water partition coefficient (Wildman–Crippen LogP) is 4.82.